The Balaban J connectivity index is 1.99. The minimum atomic E-state index is 0.487. The van der Waals surface area contributed by atoms with Gasteiger partial charge in [0.25, 0.3) is 0 Å². The molecule has 22 heavy (non-hydrogen) atoms. The van der Waals surface area contributed by atoms with Crippen LogP contribution in [0.1, 0.15) is 23.5 Å². The third-order valence-electron chi connectivity index (χ3n) is 5.15. The van der Waals surface area contributed by atoms with Crippen molar-refractivity contribution in [3.63, 3.8) is 0 Å². The van der Waals surface area contributed by atoms with E-state index in [2.05, 4.69) is 78.4 Å². The van der Waals surface area contributed by atoms with E-state index in [4.69, 9.17) is 0 Å². The van der Waals surface area contributed by atoms with Crippen molar-refractivity contribution in [2.45, 2.75) is 12.3 Å². The van der Waals surface area contributed by atoms with Crippen LogP contribution in [-0.4, -0.2) is 4.57 Å². The number of fused-ring (bicyclic) bond motifs is 8. The number of para-hydroxylation sites is 1. The van der Waals surface area contributed by atoms with Crippen LogP contribution in [0.4, 0.5) is 0 Å². The summed E-state index contributed by atoms with van der Waals surface area (Å²) in [5, 5.41) is 1.40. The summed E-state index contributed by atoms with van der Waals surface area (Å²) in [6.07, 6.45) is 7.91. The van der Waals surface area contributed by atoms with E-state index in [1.807, 2.05) is 0 Å². The molecule has 0 radical (unpaired) electrons. The average molecular weight is 283 g/mol. The van der Waals surface area contributed by atoms with Crippen LogP contribution in [-0.2, 0) is 7.05 Å². The number of rotatable bonds is 0. The fourth-order valence-electron chi connectivity index (χ4n) is 4.22. The van der Waals surface area contributed by atoms with Crippen molar-refractivity contribution in [1.29, 1.82) is 0 Å². The van der Waals surface area contributed by atoms with Crippen molar-refractivity contribution >= 4 is 16.5 Å². The van der Waals surface area contributed by atoms with E-state index in [1.165, 1.54) is 38.9 Å². The van der Waals surface area contributed by atoms with Crippen LogP contribution in [0.15, 0.2) is 66.8 Å². The first-order valence-electron chi connectivity index (χ1n) is 7.90. The molecule has 1 aromatic heterocycles. The van der Waals surface area contributed by atoms with Crippen LogP contribution in [0, 0.1) is 0 Å². The molecule has 0 bridgehead atoms. The highest BCUT2D eigenvalue weighted by Crippen LogP contribution is 2.52. The van der Waals surface area contributed by atoms with Crippen LogP contribution in [0.25, 0.3) is 27.7 Å². The third kappa shape index (κ3) is 1.38. The first-order valence-corrected chi connectivity index (χ1v) is 7.90. The molecule has 1 unspecified atom stereocenters. The maximum atomic E-state index is 2.37. The molecule has 1 atom stereocenters. The maximum absolute atomic E-state index is 2.37. The molecule has 0 fully saturated rings. The fraction of sp³-hybridized carbons (Fsp3) is 0.143. The molecular formula is C21H17N. The third-order valence-corrected chi connectivity index (χ3v) is 5.15. The van der Waals surface area contributed by atoms with Crippen LogP contribution >= 0.6 is 0 Å². The van der Waals surface area contributed by atoms with Crippen molar-refractivity contribution in [3.05, 3.63) is 77.9 Å². The molecule has 106 valence electrons. The largest absolute Gasteiger partial charge is 0.343 e. The van der Waals surface area contributed by atoms with Gasteiger partial charge in [-0.05, 0) is 29.2 Å². The zero-order chi connectivity index (χ0) is 14.7. The fourth-order valence-corrected chi connectivity index (χ4v) is 4.22. The Morgan fingerprint density at radius 1 is 0.955 bits per heavy atom. The van der Waals surface area contributed by atoms with Gasteiger partial charge in [-0.15, -0.1) is 0 Å². The number of benzene rings is 2. The van der Waals surface area contributed by atoms with E-state index in [9.17, 15) is 0 Å². The van der Waals surface area contributed by atoms with E-state index in [0.29, 0.717) is 5.92 Å². The van der Waals surface area contributed by atoms with Crippen molar-refractivity contribution in [2.24, 2.45) is 7.05 Å². The summed E-state index contributed by atoms with van der Waals surface area (Å²) in [4.78, 5) is 0. The molecule has 2 aliphatic rings. The standard InChI is InChI=1S/C21H17N/c1-22-19-13-7-6-12-18(19)20-16-10-4-2-8-14(16)15-9-3-5-11-17(15)21(20)22/h2-9,11-13,16H,10H2,1H3. The Labute approximate surface area is 130 Å². The highest BCUT2D eigenvalue weighted by molar-refractivity contribution is 6.01. The minimum absolute atomic E-state index is 0.487. The van der Waals surface area contributed by atoms with Gasteiger partial charge in [0.1, 0.15) is 0 Å². The molecule has 0 spiro atoms. The van der Waals surface area contributed by atoms with Gasteiger partial charge >= 0.3 is 0 Å². The van der Waals surface area contributed by atoms with E-state index < -0.39 is 0 Å². The lowest BCUT2D eigenvalue weighted by Gasteiger charge is -2.30. The van der Waals surface area contributed by atoms with Gasteiger partial charge in [0, 0.05) is 29.4 Å². The molecule has 0 amide bonds. The predicted octanol–water partition coefficient (Wildman–Crippen LogP) is 5.29. The zero-order valence-electron chi connectivity index (χ0n) is 12.6. The number of allylic oxidation sites excluding steroid dienone is 4. The number of nitrogens with zero attached hydrogens (tertiary/aromatic N) is 1. The van der Waals surface area contributed by atoms with Crippen LogP contribution < -0.4 is 0 Å². The first-order chi connectivity index (χ1) is 10.9. The van der Waals surface area contributed by atoms with Gasteiger partial charge in [-0.25, -0.2) is 0 Å². The second kappa shape index (κ2) is 4.23. The van der Waals surface area contributed by atoms with Gasteiger partial charge in [-0.2, -0.15) is 0 Å². The maximum Gasteiger partial charge on any atom is 0.0533 e. The molecule has 5 rings (SSSR count). The van der Waals surface area contributed by atoms with Crippen LogP contribution in [0.3, 0.4) is 0 Å². The summed E-state index contributed by atoms with van der Waals surface area (Å²) in [6.45, 7) is 0. The van der Waals surface area contributed by atoms with E-state index in [-0.39, 0.29) is 0 Å². The lowest BCUT2D eigenvalue weighted by Crippen LogP contribution is -2.12. The molecule has 1 heterocycles. The monoisotopic (exact) mass is 283 g/mol. The SMILES string of the molecule is Cn1c2c(c3ccccc31)C1CC=CC=C1c1ccccc1-2. The molecule has 1 nitrogen and oxygen atoms in total. The molecule has 0 saturated heterocycles. The summed E-state index contributed by atoms with van der Waals surface area (Å²) in [5.41, 5.74) is 8.48. The summed E-state index contributed by atoms with van der Waals surface area (Å²) in [5.74, 6) is 0.487. The average Bonchev–Trinajstić information content (AvgIpc) is 2.89. The highest BCUT2D eigenvalue weighted by Gasteiger charge is 2.33. The topological polar surface area (TPSA) is 4.93 Å². The molecule has 2 aromatic carbocycles. The van der Waals surface area contributed by atoms with Gasteiger partial charge in [-0.3, -0.25) is 0 Å². The zero-order valence-corrected chi connectivity index (χ0v) is 12.6. The van der Waals surface area contributed by atoms with Crippen molar-refractivity contribution in [2.75, 3.05) is 0 Å². The van der Waals surface area contributed by atoms with Crippen molar-refractivity contribution in [3.8, 4) is 11.3 Å². The number of aromatic nitrogens is 1. The van der Waals surface area contributed by atoms with Crippen LogP contribution in [0.2, 0.25) is 0 Å². The molecule has 0 N–H and O–H groups in total. The Hall–Kier alpha value is -2.54. The van der Waals surface area contributed by atoms with Gasteiger partial charge in [0.05, 0.1) is 5.69 Å². The smallest absolute Gasteiger partial charge is 0.0533 e. The normalized spacial score (nSPS) is 18.6. The Bertz CT molecular complexity index is 969. The van der Waals surface area contributed by atoms with E-state index in [0.717, 1.165) is 6.42 Å². The van der Waals surface area contributed by atoms with Crippen molar-refractivity contribution in [1.82, 2.24) is 4.57 Å². The lowest BCUT2D eigenvalue weighted by atomic mass is 9.74. The molecule has 0 saturated carbocycles. The van der Waals surface area contributed by atoms with E-state index in [1.54, 1.807) is 0 Å². The number of hydrogen-bond donors (Lipinski definition) is 0. The summed E-state index contributed by atoms with van der Waals surface area (Å²) in [7, 11) is 2.20. The summed E-state index contributed by atoms with van der Waals surface area (Å²) >= 11 is 0. The molecule has 3 aromatic rings. The highest BCUT2D eigenvalue weighted by atomic mass is 15.0. The molecule has 0 aliphatic heterocycles. The van der Waals surface area contributed by atoms with Crippen molar-refractivity contribution < 1.29 is 0 Å². The molecule has 2 aliphatic carbocycles. The lowest BCUT2D eigenvalue weighted by molar-refractivity contribution is 0.858. The van der Waals surface area contributed by atoms with E-state index >= 15 is 0 Å². The predicted molar refractivity (Wildman–Crippen MR) is 92.8 cm³/mol. The number of hydrogen-bond acceptors (Lipinski definition) is 0. The van der Waals surface area contributed by atoms with Gasteiger partial charge in [-0.1, -0.05) is 60.7 Å². The van der Waals surface area contributed by atoms with Gasteiger partial charge in [0.15, 0.2) is 0 Å². The summed E-state index contributed by atoms with van der Waals surface area (Å²) in [6, 6.07) is 17.7. The first kappa shape index (κ1) is 12.0. The second-order valence-electron chi connectivity index (χ2n) is 6.22. The number of aryl methyl sites for hydroxylation is 1. The Morgan fingerprint density at radius 2 is 1.73 bits per heavy atom. The van der Waals surface area contributed by atoms with Gasteiger partial charge in [0.2, 0.25) is 0 Å². The summed E-state index contributed by atoms with van der Waals surface area (Å²) < 4.78 is 2.37. The van der Waals surface area contributed by atoms with Gasteiger partial charge < -0.3 is 4.57 Å². The Morgan fingerprint density at radius 3 is 2.64 bits per heavy atom. The molecular weight excluding hydrogens is 266 g/mol. The minimum Gasteiger partial charge on any atom is -0.343 e. The molecule has 1 heteroatoms. The Kier molecular flexibility index (Phi) is 2.32. The van der Waals surface area contributed by atoms with Crippen LogP contribution in [0.5, 0.6) is 0 Å². The second-order valence-corrected chi connectivity index (χ2v) is 6.22. The quantitative estimate of drug-likeness (QED) is 0.528.